The van der Waals surface area contributed by atoms with E-state index < -0.39 is 0 Å². The number of para-hydroxylation sites is 1. The highest BCUT2D eigenvalue weighted by atomic mass is 16.5. The summed E-state index contributed by atoms with van der Waals surface area (Å²) in [5, 5.41) is 0. The Balaban J connectivity index is 2.20. The molecule has 0 N–H and O–H groups in total. The number of hydrogen-bond donors (Lipinski definition) is 0. The normalized spacial score (nSPS) is 24.3. The van der Waals surface area contributed by atoms with Crippen LogP contribution >= 0.6 is 0 Å². The quantitative estimate of drug-likeness (QED) is 0.815. The lowest BCUT2D eigenvalue weighted by Gasteiger charge is -2.42. The Morgan fingerprint density at radius 1 is 1.21 bits per heavy atom. The van der Waals surface area contributed by atoms with Crippen LogP contribution in [-0.4, -0.2) is 55.0 Å². The second-order valence-corrected chi connectivity index (χ2v) is 5.27. The van der Waals surface area contributed by atoms with Crippen LogP contribution in [0.4, 0.5) is 0 Å². The van der Waals surface area contributed by atoms with Crippen molar-refractivity contribution in [2.75, 3.05) is 27.2 Å². The molecule has 0 aliphatic carbocycles. The molecule has 1 amide bonds. The maximum absolute atomic E-state index is 12.6. The zero-order valence-corrected chi connectivity index (χ0v) is 12.1. The van der Waals surface area contributed by atoms with Crippen LogP contribution in [0, 0.1) is 0 Å². The van der Waals surface area contributed by atoms with Crippen LogP contribution in [0.25, 0.3) is 0 Å². The van der Waals surface area contributed by atoms with Gasteiger partial charge < -0.3 is 9.64 Å². The van der Waals surface area contributed by atoms with Gasteiger partial charge in [-0.3, -0.25) is 9.69 Å². The Morgan fingerprint density at radius 3 is 2.37 bits per heavy atom. The molecule has 0 bridgehead atoms. The number of methoxy groups -OCH3 is 1. The molecule has 1 aliphatic heterocycles. The number of carbonyl (C=O) groups excluding carboxylic acids is 1. The van der Waals surface area contributed by atoms with Gasteiger partial charge in [-0.1, -0.05) is 12.1 Å². The highest BCUT2D eigenvalue weighted by Crippen LogP contribution is 2.22. The second kappa shape index (κ2) is 5.61. The van der Waals surface area contributed by atoms with Gasteiger partial charge in [0.25, 0.3) is 5.91 Å². The Kier molecular flexibility index (Phi) is 4.10. The summed E-state index contributed by atoms with van der Waals surface area (Å²) in [4.78, 5) is 16.8. The Labute approximate surface area is 115 Å². The summed E-state index contributed by atoms with van der Waals surface area (Å²) in [5.74, 6) is 0.705. The fraction of sp³-hybridized carbons (Fsp3) is 0.533. The molecule has 0 saturated carbocycles. The molecule has 4 heteroatoms. The topological polar surface area (TPSA) is 32.8 Å². The van der Waals surface area contributed by atoms with Gasteiger partial charge in [-0.25, -0.2) is 0 Å². The van der Waals surface area contributed by atoms with Crippen molar-refractivity contribution in [2.24, 2.45) is 0 Å². The smallest absolute Gasteiger partial charge is 0.257 e. The summed E-state index contributed by atoms with van der Waals surface area (Å²) in [7, 11) is 3.71. The van der Waals surface area contributed by atoms with E-state index in [2.05, 4.69) is 25.8 Å². The summed E-state index contributed by atoms with van der Waals surface area (Å²) in [5.41, 5.74) is 0.647. The van der Waals surface area contributed by atoms with E-state index in [0.717, 1.165) is 13.1 Å². The van der Waals surface area contributed by atoms with Crippen LogP contribution in [0.15, 0.2) is 24.3 Å². The Hall–Kier alpha value is -1.55. The fourth-order valence-electron chi connectivity index (χ4n) is 2.56. The van der Waals surface area contributed by atoms with E-state index >= 15 is 0 Å². The predicted octanol–water partition coefficient (Wildman–Crippen LogP) is 1.86. The van der Waals surface area contributed by atoms with E-state index in [1.807, 2.05) is 29.2 Å². The molecule has 1 aromatic rings. The summed E-state index contributed by atoms with van der Waals surface area (Å²) in [6, 6.07) is 8.17. The summed E-state index contributed by atoms with van der Waals surface area (Å²) in [6.07, 6.45) is 0. The maximum Gasteiger partial charge on any atom is 0.257 e. The molecule has 0 radical (unpaired) electrons. The zero-order chi connectivity index (χ0) is 14.0. The molecular weight excluding hydrogens is 240 g/mol. The van der Waals surface area contributed by atoms with Gasteiger partial charge in [-0.15, -0.1) is 0 Å². The summed E-state index contributed by atoms with van der Waals surface area (Å²) < 4.78 is 5.27. The number of amides is 1. The molecule has 1 saturated heterocycles. The molecule has 1 aliphatic rings. The first-order valence-corrected chi connectivity index (χ1v) is 6.68. The molecule has 2 atom stereocenters. The fourth-order valence-corrected chi connectivity index (χ4v) is 2.56. The molecule has 0 aromatic heterocycles. The van der Waals surface area contributed by atoms with Crippen molar-refractivity contribution in [3.63, 3.8) is 0 Å². The monoisotopic (exact) mass is 262 g/mol. The van der Waals surface area contributed by atoms with Crippen LogP contribution in [0.1, 0.15) is 24.2 Å². The molecule has 1 heterocycles. The van der Waals surface area contributed by atoms with Crippen LogP contribution in [0.3, 0.4) is 0 Å². The Morgan fingerprint density at radius 2 is 1.79 bits per heavy atom. The number of likely N-dealkylation sites (N-methyl/N-ethyl adjacent to an activating group) is 1. The minimum atomic E-state index is 0.0595. The number of carbonyl (C=O) groups is 1. The van der Waals surface area contributed by atoms with Crippen molar-refractivity contribution < 1.29 is 9.53 Å². The third kappa shape index (κ3) is 2.73. The average molecular weight is 262 g/mol. The largest absolute Gasteiger partial charge is 0.496 e. The Bertz CT molecular complexity index is 449. The van der Waals surface area contributed by atoms with Gasteiger partial charge in [0.05, 0.1) is 12.7 Å². The SMILES string of the molecule is COc1ccccc1C(=O)N1CC(C)N(C)C(C)C1. The first kappa shape index (κ1) is 13.9. The standard InChI is InChI=1S/C15H22N2O2/c1-11-9-17(10-12(2)16(11)3)15(18)13-7-5-6-8-14(13)19-4/h5-8,11-12H,9-10H2,1-4H3. The molecule has 0 spiro atoms. The van der Waals surface area contributed by atoms with Crippen LogP contribution in [0.2, 0.25) is 0 Å². The van der Waals surface area contributed by atoms with Crippen molar-refractivity contribution in [1.29, 1.82) is 0 Å². The van der Waals surface area contributed by atoms with E-state index in [9.17, 15) is 4.79 Å². The number of benzene rings is 1. The first-order chi connectivity index (χ1) is 9.04. The maximum atomic E-state index is 12.6. The molecule has 1 fully saturated rings. The van der Waals surface area contributed by atoms with Crippen molar-refractivity contribution in [3.8, 4) is 5.75 Å². The van der Waals surface area contributed by atoms with E-state index in [-0.39, 0.29) is 5.91 Å². The van der Waals surface area contributed by atoms with Crippen LogP contribution in [-0.2, 0) is 0 Å². The minimum absolute atomic E-state index is 0.0595. The van der Waals surface area contributed by atoms with Gasteiger partial charge in [0.15, 0.2) is 0 Å². The molecule has 4 nitrogen and oxygen atoms in total. The van der Waals surface area contributed by atoms with Gasteiger partial charge in [0.2, 0.25) is 0 Å². The number of ether oxygens (including phenoxy) is 1. The van der Waals surface area contributed by atoms with Crippen LogP contribution < -0.4 is 4.74 Å². The molecule has 2 unspecified atom stereocenters. The van der Waals surface area contributed by atoms with E-state index in [1.165, 1.54) is 0 Å². The van der Waals surface area contributed by atoms with Crippen molar-refractivity contribution in [2.45, 2.75) is 25.9 Å². The third-order valence-electron chi connectivity index (χ3n) is 3.98. The lowest BCUT2D eigenvalue weighted by Crippen LogP contribution is -2.56. The predicted molar refractivity (Wildman–Crippen MR) is 75.6 cm³/mol. The zero-order valence-electron chi connectivity index (χ0n) is 12.1. The number of hydrogen-bond acceptors (Lipinski definition) is 3. The highest BCUT2D eigenvalue weighted by molar-refractivity contribution is 5.97. The minimum Gasteiger partial charge on any atom is -0.496 e. The van der Waals surface area contributed by atoms with Gasteiger partial charge >= 0.3 is 0 Å². The first-order valence-electron chi connectivity index (χ1n) is 6.68. The van der Waals surface area contributed by atoms with Gasteiger partial charge in [-0.05, 0) is 33.0 Å². The number of rotatable bonds is 2. The van der Waals surface area contributed by atoms with E-state index in [1.54, 1.807) is 7.11 Å². The van der Waals surface area contributed by atoms with Crippen molar-refractivity contribution >= 4 is 5.91 Å². The highest BCUT2D eigenvalue weighted by Gasteiger charge is 2.30. The second-order valence-electron chi connectivity index (χ2n) is 5.27. The summed E-state index contributed by atoms with van der Waals surface area (Å²) >= 11 is 0. The van der Waals surface area contributed by atoms with Gasteiger partial charge in [0, 0.05) is 25.2 Å². The van der Waals surface area contributed by atoms with Gasteiger partial charge in [-0.2, -0.15) is 0 Å². The summed E-state index contributed by atoms with van der Waals surface area (Å²) in [6.45, 7) is 5.83. The van der Waals surface area contributed by atoms with E-state index in [0.29, 0.717) is 23.4 Å². The lowest BCUT2D eigenvalue weighted by molar-refractivity contribution is 0.0412. The molecule has 104 valence electrons. The van der Waals surface area contributed by atoms with Crippen molar-refractivity contribution in [1.82, 2.24) is 9.80 Å². The molecule has 2 rings (SSSR count). The number of nitrogens with zero attached hydrogens (tertiary/aromatic N) is 2. The molecule has 19 heavy (non-hydrogen) atoms. The molecule has 1 aromatic carbocycles. The number of piperazine rings is 1. The average Bonchev–Trinajstić information content (AvgIpc) is 2.43. The third-order valence-corrected chi connectivity index (χ3v) is 3.98. The van der Waals surface area contributed by atoms with Crippen LogP contribution in [0.5, 0.6) is 5.75 Å². The molecular formula is C15H22N2O2. The van der Waals surface area contributed by atoms with Crippen molar-refractivity contribution in [3.05, 3.63) is 29.8 Å². The lowest BCUT2D eigenvalue weighted by atomic mass is 10.1. The van der Waals surface area contributed by atoms with Gasteiger partial charge in [0.1, 0.15) is 5.75 Å². The van der Waals surface area contributed by atoms with E-state index in [4.69, 9.17) is 4.74 Å².